The van der Waals surface area contributed by atoms with Crippen LogP contribution in [0.2, 0.25) is 0 Å². The second-order valence-electron chi connectivity index (χ2n) is 8.53. The molecule has 33 heavy (non-hydrogen) atoms. The van der Waals surface area contributed by atoms with E-state index in [9.17, 15) is 23.3 Å². The smallest absolute Gasteiger partial charge is 0.438 e. The third-order valence-electron chi connectivity index (χ3n) is 5.51. The van der Waals surface area contributed by atoms with Gasteiger partial charge in [-0.05, 0) is 31.5 Å². The first-order chi connectivity index (χ1) is 15.5. The number of benzene rings is 2. The molecule has 0 saturated carbocycles. The minimum absolute atomic E-state index is 0.0614. The highest BCUT2D eigenvalue weighted by molar-refractivity contribution is 7.92. The fourth-order valence-corrected chi connectivity index (χ4v) is 5.27. The summed E-state index contributed by atoms with van der Waals surface area (Å²) in [7, 11) is -4.04. The molecule has 1 aromatic heterocycles. The van der Waals surface area contributed by atoms with Gasteiger partial charge in [0.2, 0.25) is 0 Å². The van der Waals surface area contributed by atoms with Crippen LogP contribution in [0.4, 0.5) is 11.4 Å². The molecule has 174 valence electrons. The Labute approximate surface area is 189 Å². The first-order valence-corrected chi connectivity index (χ1v) is 11.5. The largest absolute Gasteiger partial charge is 0.486 e. The summed E-state index contributed by atoms with van der Waals surface area (Å²) in [6.07, 6.45) is -0.347. The molecule has 1 N–H and O–H groups in total. The zero-order chi connectivity index (χ0) is 24.0. The van der Waals surface area contributed by atoms with E-state index in [1.54, 1.807) is 12.1 Å². The van der Waals surface area contributed by atoms with Gasteiger partial charge < -0.3 is 4.74 Å². The Kier molecular flexibility index (Phi) is 5.48. The average Bonchev–Trinajstić information content (AvgIpc) is 3.20. The van der Waals surface area contributed by atoms with E-state index in [1.807, 2.05) is 20.8 Å². The van der Waals surface area contributed by atoms with E-state index in [-0.39, 0.29) is 35.0 Å². The molecule has 2 heterocycles. The van der Waals surface area contributed by atoms with Crippen LogP contribution in [0.3, 0.4) is 0 Å². The summed E-state index contributed by atoms with van der Waals surface area (Å²) < 4.78 is 38.9. The van der Waals surface area contributed by atoms with Crippen molar-refractivity contribution in [2.24, 2.45) is 0 Å². The SMILES string of the molecule is Cc1ccc(S(=O)(=O)N2CC(CC(C)(C)c3noc(=O)[nH]3)Oc3ccc([N+](=O)[O-])cc32)cc1. The zero-order valence-electron chi connectivity index (χ0n) is 18.1. The Bertz CT molecular complexity index is 1360. The minimum atomic E-state index is -4.04. The van der Waals surface area contributed by atoms with Crippen LogP contribution in [-0.2, 0) is 15.4 Å². The summed E-state index contributed by atoms with van der Waals surface area (Å²) >= 11 is 0. The number of anilines is 1. The number of aryl methyl sites for hydroxylation is 1. The molecule has 0 radical (unpaired) electrons. The van der Waals surface area contributed by atoms with Crippen LogP contribution in [0.1, 0.15) is 31.7 Å². The molecule has 0 bridgehead atoms. The number of nitro groups is 1. The molecular weight excluding hydrogens is 452 g/mol. The van der Waals surface area contributed by atoms with Gasteiger partial charge in [-0.2, -0.15) is 0 Å². The lowest BCUT2D eigenvalue weighted by molar-refractivity contribution is -0.384. The number of H-pyrrole nitrogens is 1. The van der Waals surface area contributed by atoms with Gasteiger partial charge in [0, 0.05) is 17.5 Å². The number of rotatable bonds is 6. The molecule has 1 unspecified atom stereocenters. The third kappa shape index (κ3) is 4.33. The lowest BCUT2D eigenvalue weighted by Gasteiger charge is -2.37. The molecule has 0 aliphatic carbocycles. The monoisotopic (exact) mass is 474 g/mol. The van der Waals surface area contributed by atoms with Crippen molar-refractivity contribution >= 4 is 21.4 Å². The van der Waals surface area contributed by atoms with Gasteiger partial charge in [0.15, 0.2) is 5.82 Å². The van der Waals surface area contributed by atoms with Crippen LogP contribution in [0.15, 0.2) is 56.7 Å². The number of aromatic amines is 1. The van der Waals surface area contributed by atoms with Gasteiger partial charge in [-0.1, -0.05) is 36.7 Å². The molecule has 0 amide bonds. The number of ether oxygens (including phenoxy) is 1. The van der Waals surface area contributed by atoms with Crippen molar-refractivity contribution < 1.29 is 22.6 Å². The second-order valence-corrected chi connectivity index (χ2v) is 10.4. The van der Waals surface area contributed by atoms with Gasteiger partial charge in [0.05, 0.1) is 16.4 Å². The predicted molar refractivity (Wildman–Crippen MR) is 118 cm³/mol. The van der Waals surface area contributed by atoms with Crippen LogP contribution < -0.4 is 14.8 Å². The number of hydrogen-bond acceptors (Lipinski definition) is 8. The van der Waals surface area contributed by atoms with Gasteiger partial charge in [-0.15, -0.1) is 0 Å². The Morgan fingerprint density at radius 1 is 1.24 bits per heavy atom. The summed E-state index contributed by atoms with van der Waals surface area (Å²) in [6.45, 7) is 5.38. The number of nitro benzene ring substituents is 1. The van der Waals surface area contributed by atoms with Crippen molar-refractivity contribution in [2.45, 2.75) is 43.6 Å². The van der Waals surface area contributed by atoms with Crippen molar-refractivity contribution in [3.05, 3.63) is 74.5 Å². The highest BCUT2D eigenvalue weighted by Gasteiger charge is 2.39. The van der Waals surface area contributed by atoms with Crippen LogP contribution in [0, 0.1) is 17.0 Å². The van der Waals surface area contributed by atoms with Crippen LogP contribution >= 0.6 is 0 Å². The maximum absolute atomic E-state index is 13.6. The molecule has 0 fully saturated rings. The predicted octanol–water partition coefficient (Wildman–Crippen LogP) is 2.90. The van der Waals surface area contributed by atoms with E-state index in [2.05, 4.69) is 14.7 Å². The maximum Gasteiger partial charge on any atom is 0.438 e. The Morgan fingerprint density at radius 2 is 1.94 bits per heavy atom. The van der Waals surface area contributed by atoms with Gasteiger partial charge in [-0.3, -0.25) is 23.9 Å². The molecule has 11 nitrogen and oxygen atoms in total. The van der Waals surface area contributed by atoms with Crippen LogP contribution in [-0.4, -0.2) is 36.1 Å². The van der Waals surface area contributed by atoms with Crippen LogP contribution in [0.5, 0.6) is 5.75 Å². The van der Waals surface area contributed by atoms with E-state index >= 15 is 0 Å². The number of non-ortho nitro benzene ring substituents is 1. The summed E-state index contributed by atoms with van der Waals surface area (Å²) in [6, 6.07) is 10.2. The summed E-state index contributed by atoms with van der Waals surface area (Å²) in [4.78, 5) is 24.7. The van der Waals surface area contributed by atoms with Gasteiger partial charge in [-0.25, -0.2) is 13.2 Å². The molecule has 0 saturated heterocycles. The van der Waals surface area contributed by atoms with Gasteiger partial charge in [0.25, 0.3) is 15.7 Å². The number of sulfonamides is 1. The summed E-state index contributed by atoms with van der Waals surface area (Å²) in [5, 5.41) is 15.1. The van der Waals surface area contributed by atoms with E-state index in [0.29, 0.717) is 5.82 Å². The van der Waals surface area contributed by atoms with E-state index in [0.717, 1.165) is 9.87 Å². The average molecular weight is 474 g/mol. The second kappa shape index (κ2) is 8.03. The molecule has 3 aromatic rings. The Morgan fingerprint density at radius 3 is 2.55 bits per heavy atom. The van der Waals surface area contributed by atoms with Crippen molar-refractivity contribution in [1.82, 2.24) is 10.1 Å². The normalized spacial score (nSPS) is 16.2. The number of hydrogen-bond donors (Lipinski definition) is 1. The number of fused-ring (bicyclic) bond motifs is 1. The van der Waals surface area contributed by atoms with E-state index in [1.165, 1.54) is 30.3 Å². The molecule has 12 heteroatoms. The molecule has 1 aliphatic heterocycles. The maximum atomic E-state index is 13.6. The quantitative estimate of drug-likeness (QED) is 0.423. The molecule has 0 spiro atoms. The first-order valence-electron chi connectivity index (χ1n) is 10.1. The van der Waals surface area contributed by atoms with E-state index in [4.69, 9.17) is 4.74 Å². The lowest BCUT2D eigenvalue weighted by atomic mass is 9.85. The number of aromatic nitrogens is 2. The summed E-state index contributed by atoms with van der Waals surface area (Å²) in [5.74, 6) is -0.181. The first kappa shape index (κ1) is 22.5. The van der Waals surface area contributed by atoms with Gasteiger partial charge in [0.1, 0.15) is 17.5 Å². The van der Waals surface area contributed by atoms with Crippen molar-refractivity contribution in [3.8, 4) is 5.75 Å². The van der Waals surface area contributed by atoms with Crippen LogP contribution in [0.25, 0.3) is 0 Å². The van der Waals surface area contributed by atoms with Crippen molar-refractivity contribution in [3.63, 3.8) is 0 Å². The molecule has 1 aliphatic rings. The van der Waals surface area contributed by atoms with Crippen molar-refractivity contribution in [2.75, 3.05) is 10.8 Å². The molecule has 2 aromatic carbocycles. The zero-order valence-corrected chi connectivity index (χ0v) is 19.0. The fraction of sp³-hybridized carbons (Fsp3) is 0.333. The standard InChI is InChI=1S/C21H22N4O7S/c1-13-4-7-16(8-5-13)33(29,30)24-12-15(11-21(2,3)19-22-20(26)32-23-19)31-18-9-6-14(25(27)28)10-17(18)24/h4-10,15H,11-12H2,1-3H3,(H,22,23,26). The van der Waals surface area contributed by atoms with E-state index < -0.39 is 32.2 Å². The fourth-order valence-electron chi connectivity index (χ4n) is 3.77. The lowest BCUT2D eigenvalue weighted by Crippen LogP contribution is -2.45. The molecule has 4 rings (SSSR count). The van der Waals surface area contributed by atoms with Crippen molar-refractivity contribution in [1.29, 1.82) is 0 Å². The number of nitrogens with zero attached hydrogens (tertiary/aromatic N) is 3. The highest BCUT2D eigenvalue weighted by Crippen LogP contribution is 2.41. The highest BCUT2D eigenvalue weighted by atomic mass is 32.2. The minimum Gasteiger partial charge on any atom is -0.486 e. The third-order valence-corrected chi connectivity index (χ3v) is 7.31. The topological polar surface area (TPSA) is 149 Å². The summed E-state index contributed by atoms with van der Waals surface area (Å²) in [5.41, 5.74) is 0.0243. The van der Waals surface area contributed by atoms with Gasteiger partial charge >= 0.3 is 5.76 Å². The Balaban J connectivity index is 1.75. The molecule has 1 atom stereocenters. The Hall–Kier alpha value is -3.67. The molecular formula is C21H22N4O7S. The number of nitrogens with one attached hydrogen (secondary N) is 1.